The third-order valence-corrected chi connectivity index (χ3v) is 6.04. The largest absolute Gasteiger partial charge is 0.444 e. The minimum Gasteiger partial charge on any atom is -0.444 e. The second-order valence-electron chi connectivity index (χ2n) is 9.76. The summed E-state index contributed by atoms with van der Waals surface area (Å²) in [5.41, 5.74) is -0.508. The molecule has 172 valence electrons. The van der Waals surface area contributed by atoms with E-state index in [9.17, 15) is 14.4 Å². The molecule has 3 rings (SSSR count). The summed E-state index contributed by atoms with van der Waals surface area (Å²) in [7, 11) is 1.79. The molecule has 9 heteroatoms. The van der Waals surface area contributed by atoms with Gasteiger partial charge in [0.2, 0.25) is 0 Å². The van der Waals surface area contributed by atoms with E-state index in [2.05, 4.69) is 10.4 Å². The summed E-state index contributed by atoms with van der Waals surface area (Å²) in [4.78, 5) is 41.0. The van der Waals surface area contributed by atoms with E-state index < -0.39 is 5.60 Å². The Labute approximate surface area is 183 Å². The molecule has 1 aromatic rings. The Hall–Kier alpha value is -2.42. The van der Waals surface area contributed by atoms with Crippen LogP contribution in [0, 0.1) is 5.41 Å². The number of ether oxygens (including phenoxy) is 1. The summed E-state index contributed by atoms with van der Waals surface area (Å²) >= 11 is 0. The zero-order chi connectivity index (χ0) is 22.6. The maximum absolute atomic E-state index is 13.0. The molecule has 1 fully saturated rings. The van der Waals surface area contributed by atoms with E-state index in [1.54, 1.807) is 16.8 Å². The van der Waals surface area contributed by atoms with Crippen molar-refractivity contribution in [2.24, 2.45) is 5.41 Å². The van der Waals surface area contributed by atoms with Gasteiger partial charge in [-0.2, -0.15) is 5.10 Å². The molecule has 3 heterocycles. The summed E-state index contributed by atoms with van der Waals surface area (Å²) < 4.78 is 6.90. The van der Waals surface area contributed by atoms with Gasteiger partial charge in [0.05, 0.1) is 0 Å². The average Bonchev–Trinajstić information content (AvgIpc) is 2.70. The molecule has 1 N–H and O–H groups in total. The number of hydrogen-bond acceptors (Lipinski definition) is 6. The number of carbonyl (C=O) groups excluding carboxylic acids is 2. The first-order valence-electron chi connectivity index (χ1n) is 11.1. The van der Waals surface area contributed by atoms with E-state index in [1.165, 1.54) is 16.8 Å². The van der Waals surface area contributed by atoms with Gasteiger partial charge in [-0.25, -0.2) is 9.48 Å². The van der Waals surface area contributed by atoms with Crippen LogP contribution < -0.4 is 10.9 Å². The summed E-state index contributed by atoms with van der Waals surface area (Å²) in [5.74, 6) is -0.185. The molecule has 31 heavy (non-hydrogen) atoms. The Morgan fingerprint density at radius 3 is 2.48 bits per heavy atom. The topological polar surface area (TPSA) is 96.8 Å². The zero-order valence-electron chi connectivity index (χ0n) is 19.1. The van der Waals surface area contributed by atoms with Crippen molar-refractivity contribution in [3.05, 3.63) is 28.2 Å². The number of hydrogen-bond donors (Lipinski definition) is 1. The van der Waals surface area contributed by atoms with Crippen LogP contribution in [-0.2, 0) is 11.3 Å². The molecule has 1 aromatic heterocycles. The molecule has 0 radical (unpaired) electrons. The Morgan fingerprint density at radius 2 is 1.81 bits per heavy atom. The average molecular weight is 434 g/mol. The number of nitrogens with zero attached hydrogens (tertiary/aromatic N) is 4. The van der Waals surface area contributed by atoms with Gasteiger partial charge in [-0.05, 0) is 71.0 Å². The molecule has 0 aliphatic carbocycles. The van der Waals surface area contributed by atoms with Gasteiger partial charge in [0.25, 0.3) is 11.5 Å². The lowest BCUT2D eigenvalue weighted by molar-refractivity contribution is 0.00418. The first kappa shape index (κ1) is 23.2. The normalized spacial score (nSPS) is 20.6. The fraction of sp³-hybridized carbons (Fsp3) is 0.727. The SMILES string of the molecule is CN1CC2(CCNCCCn3nc(ccc3=O)C1=O)CCN(C(=O)OC(C)(C)C)CC2. The summed E-state index contributed by atoms with van der Waals surface area (Å²) in [6, 6.07) is 2.92. The van der Waals surface area contributed by atoms with Gasteiger partial charge in [0.15, 0.2) is 0 Å². The molecule has 2 aliphatic rings. The number of aryl methyl sites for hydroxylation is 1. The van der Waals surface area contributed by atoms with E-state index in [1.807, 2.05) is 20.8 Å². The number of fused-ring (bicyclic) bond motifs is 2. The second kappa shape index (κ2) is 9.38. The third kappa shape index (κ3) is 6.06. The fourth-order valence-electron chi connectivity index (χ4n) is 4.30. The fourth-order valence-corrected chi connectivity index (χ4v) is 4.30. The highest BCUT2D eigenvalue weighted by Crippen LogP contribution is 2.36. The highest BCUT2D eigenvalue weighted by molar-refractivity contribution is 5.91. The predicted molar refractivity (Wildman–Crippen MR) is 117 cm³/mol. The van der Waals surface area contributed by atoms with Crippen LogP contribution >= 0.6 is 0 Å². The number of nitrogens with one attached hydrogen (secondary N) is 1. The van der Waals surface area contributed by atoms with Gasteiger partial charge >= 0.3 is 6.09 Å². The lowest BCUT2D eigenvalue weighted by Crippen LogP contribution is -2.50. The van der Waals surface area contributed by atoms with Crippen LogP contribution in [0.1, 0.15) is 56.9 Å². The van der Waals surface area contributed by atoms with Gasteiger partial charge in [-0.1, -0.05) is 0 Å². The standard InChI is InChI=1S/C22H35N5O4/c1-21(2,3)31-20(30)26-14-9-22(10-15-26)8-12-23-11-5-13-27-18(28)7-6-17(24-27)19(29)25(4)16-22/h6-7,23H,5,8-16H2,1-4H3. The molecular formula is C22H35N5O4. The van der Waals surface area contributed by atoms with Gasteiger partial charge < -0.3 is 19.9 Å². The molecule has 1 spiro atoms. The summed E-state index contributed by atoms with van der Waals surface area (Å²) in [6.45, 7) is 9.50. The highest BCUT2D eigenvalue weighted by Gasteiger charge is 2.38. The van der Waals surface area contributed by atoms with Crippen molar-refractivity contribution in [2.75, 3.05) is 39.8 Å². The van der Waals surface area contributed by atoms with E-state index in [0.717, 1.165) is 38.8 Å². The quantitative estimate of drug-likeness (QED) is 0.669. The van der Waals surface area contributed by atoms with E-state index in [4.69, 9.17) is 4.74 Å². The molecule has 2 bridgehead atoms. The predicted octanol–water partition coefficient (Wildman–Crippen LogP) is 1.72. The monoisotopic (exact) mass is 433 g/mol. The number of piperidine rings is 1. The molecule has 2 amide bonds. The Bertz CT molecular complexity index is 852. The first-order valence-corrected chi connectivity index (χ1v) is 11.1. The third-order valence-electron chi connectivity index (χ3n) is 6.04. The van der Waals surface area contributed by atoms with Crippen molar-refractivity contribution >= 4 is 12.0 Å². The van der Waals surface area contributed by atoms with Crippen LogP contribution in [0.3, 0.4) is 0 Å². The van der Waals surface area contributed by atoms with Crippen LogP contribution in [0.15, 0.2) is 16.9 Å². The number of carbonyl (C=O) groups is 2. The minimum absolute atomic E-state index is 0.0849. The van der Waals surface area contributed by atoms with Crippen LogP contribution in [0.25, 0.3) is 0 Å². The van der Waals surface area contributed by atoms with Gasteiger partial charge in [-0.3, -0.25) is 9.59 Å². The Balaban J connectivity index is 1.74. The number of amides is 2. The molecular weight excluding hydrogens is 398 g/mol. The number of rotatable bonds is 0. The lowest BCUT2D eigenvalue weighted by atomic mass is 9.75. The zero-order valence-corrected chi connectivity index (χ0v) is 19.1. The van der Waals surface area contributed by atoms with Gasteiger partial charge in [-0.15, -0.1) is 0 Å². The maximum Gasteiger partial charge on any atom is 0.410 e. The van der Waals surface area contributed by atoms with Crippen molar-refractivity contribution in [1.82, 2.24) is 24.9 Å². The molecule has 9 nitrogen and oxygen atoms in total. The molecule has 0 aromatic carbocycles. The van der Waals surface area contributed by atoms with Crippen molar-refractivity contribution in [3.63, 3.8) is 0 Å². The highest BCUT2D eigenvalue weighted by atomic mass is 16.6. The first-order chi connectivity index (χ1) is 14.6. The smallest absolute Gasteiger partial charge is 0.410 e. The van der Waals surface area contributed by atoms with Crippen molar-refractivity contribution in [1.29, 1.82) is 0 Å². The minimum atomic E-state index is -0.516. The lowest BCUT2D eigenvalue weighted by Gasteiger charge is -2.44. The number of aromatic nitrogens is 2. The Kier molecular flexibility index (Phi) is 7.03. The van der Waals surface area contributed by atoms with Gasteiger partial charge in [0.1, 0.15) is 11.3 Å². The molecule has 0 atom stereocenters. The van der Waals surface area contributed by atoms with Crippen LogP contribution in [0.5, 0.6) is 0 Å². The van der Waals surface area contributed by atoms with Crippen LogP contribution in [0.2, 0.25) is 0 Å². The molecule has 0 saturated carbocycles. The maximum atomic E-state index is 13.0. The van der Waals surface area contributed by atoms with Crippen molar-refractivity contribution in [2.45, 2.75) is 58.6 Å². The van der Waals surface area contributed by atoms with Crippen LogP contribution in [-0.4, -0.2) is 77.0 Å². The summed E-state index contributed by atoms with van der Waals surface area (Å²) in [6.07, 6.45) is 3.01. The molecule has 0 unspecified atom stereocenters. The van der Waals surface area contributed by atoms with Crippen LogP contribution in [0.4, 0.5) is 4.79 Å². The van der Waals surface area contributed by atoms with Crippen molar-refractivity contribution in [3.8, 4) is 0 Å². The summed E-state index contributed by atoms with van der Waals surface area (Å²) in [5, 5.41) is 7.75. The molecule has 1 saturated heterocycles. The van der Waals surface area contributed by atoms with E-state index in [-0.39, 0.29) is 28.7 Å². The number of likely N-dealkylation sites (tertiary alicyclic amines) is 1. The molecule has 2 aliphatic heterocycles. The van der Waals surface area contributed by atoms with E-state index >= 15 is 0 Å². The van der Waals surface area contributed by atoms with E-state index in [0.29, 0.717) is 26.2 Å². The van der Waals surface area contributed by atoms with Crippen molar-refractivity contribution < 1.29 is 14.3 Å². The van der Waals surface area contributed by atoms with Gasteiger partial charge in [0, 0.05) is 39.3 Å². The second-order valence-corrected chi connectivity index (χ2v) is 9.76. The Morgan fingerprint density at radius 1 is 1.10 bits per heavy atom.